The van der Waals surface area contributed by atoms with Gasteiger partial charge in [0.2, 0.25) is 0 Å². The van der Waals surface area contributed by atoms with Crippen LogP contribution in [0, 0.1) is 19.8 Å². The van der Waals surface area contributed by atoms with Gasteiger partial charge in [-0.2, -0.15) is 0 Å². The average Bonchev–Trinajstić information content (AvgIpc) is 2.56. The smallest absolute Gasteiger partial charge is 0.316 e. The lowest BCUT2D eigenvalue weighted by Crippen LogP contribution is -2.43. The average molecular weight is 349 g/mol. The Morgan fingerprint density at radius 3 is 2.75 bits per heavy atom. The lowest BCUT2D eigenvalue weighted by Gasteiger charge is -2.29. The molecule has 0 saturated heterocycles. The normalized spacial score (nSPS) is 20.5. The van der Waals surface area contributed by atoms with Gasteiger partial charge >= 0.3 is 5.97 Å². The van der Waals surface area contributed by atoms with Crippen molar-refractivity contribution in [1.82, 2.24) is 5.32 Å². The van der Waals surface area contributed by atoms with Crippen molar-refractivity contribution in [3.8, 4) is 0 Å². The van der Waals surface area contributed by atoms with E-state index in [1.54, 1.807) is 0 Å². The molecule has 4 nitrogen and oxygen atoms in total. The first-order valence-electron chi connectivity index (χ1n) is 8.60. The van der Waals surface area contributed by atoms with E-state index in [1.165, 1.54) is 18.2 Å². The number of hydrogen-bond donors (Lipinski definition) is 1. The summed E-state index contributed by atoms with van der Waals surface area (Å²) in [5.41, 5.74) is 2.31. The molecule has 1 amide bonds. The minimum Gasteiger partial charge on any atom is -0.455 e. The summed E-state index contributed by atoms with van der Waals surface area (Å²) in [7, 11) is 0. The fourth-order valence-electron chi connectivity index (χ4n) is 2.97. The molecule has 0 spiro atoms. The third kappa shape index (κ3) is 5.86. The summed E-state index contributed by atoms with van der Waals surface area (Å²) in [5.74, 6) is 0.169. The highest BCUT2D eigenvalue weighted by molar-refractivity contribution is 8.00. The second-order valence-electron chi connectivity index (χ2n) is 6.65. The summed E-state index contributed by atoms with van der Waals surface area (Å²) in [5, 5.41) is 2.99. The molecule has 0 aromatic heterocycles. The van der Waals surface area contributed by atoms with Crippen LogP contribution < -0.4 is 5.32 Å². The lowest BCUT2D eigenvalue weighted by molar-refractivity contribution is -0.146. The van der Waals surface area contributed by atoms with Gasteiger partial charge in [-0.25, -0.2) is 0 Å². The third-order valence-corrected chi connectivity index (χ3v) is 5.64. The number of nitrogens with one attached hydrogen (secondary N) is 1. The Morgan fingerprint density at radius 2 is 2.00 bits per heavy atom. The zero-order chi connectivity index (χ0) is 17.5. The van der Waals surface area contributed by atoms with Gasteiger partial charge in [-0.05, 0) is 44.2 Å². The molecule has 1 aromatic carbocycles. The predicted octanol–water partition coefficient (Wildman–Crippen LogP) is 3.63. The van der Waals surface area contributed by atoms with Crippen LogP contribution in [0.2, 0.25) is 0 Å². The molecule has 1 aliphatic carbocycles. The number of carbonyl (C=O) groups excluding carboxylic acids is 2. The van der Waals surface area contributed by atoms with E-state index in [9.17, 15) is 9.59 Å². The van der Waals surface area contributed by atoms with Crippen LogP contribution in [0.25, 0.3) is 0 Å². The summed E-state index contributed by atoms with van der Waals surface area (Å²) in [6.45, 7) is 6.02. The van der Waals surface area contributed by atoms with Crippen LogP contribution in [0.4, 0.5) is 0 Å². The van der Waals surface area contributed by atoms with Gasteiger partial charge in [0.1, 0.15) is 0 Å². The first-order chi connectivity index (χ1) is 11.5. The van der Waals surface area contributed by atoms with Gasteiger partial charge in [-0.3, -0.25) is 9.59 Å². The highest BCUT2D eigenvalue weighted by Crippen LogP contribution is 2.24. The van der Waals surface area contributed by atoms with Crippen molar-refractivity contribution in [2.75, 3.05) is 12.4 Å². The SMILES string of the molecule is Cc1ccc(C)c(SCC(=O)OCC(=O)N[C@H]2CCCC[C@@H]2C)c1. The van der Waals surface area contributed by atoms with Crippen LogP contribution in [0.3, 0.4) is 0 Å². The monoisotopic (exact) mass is 349 g/mol. The number of hydrogen-bond acceptors (Lipinski definition) is 4. The highest BCUT2D eigenvalue weighted by atomic mass is 32.2. The van der Waals surface area contributed by atoms with Crippen molar-refractivity contribution in [2.24, 2.45) is 5.92 Å². The number of carbonyl (C=O) groups is 2. The van der Waals surface area contributed by atoms with Gasteiger partial charge < -0.3 is 10.1 Å². The van der Waals surface area contributed by atoms with E-state index >= 15 is 0 Å². The molecular formula is C19H27NO3S. The van der Waals surface area contributed by atoms with Crippen molar-refractivity contribution in [3.63, 3.8) is 0 Å². The molecule has 0 aliphatic heterocycles. The van der Waals surface area contributed by atoms with E-state index in [4.69, 9.17) is 4.74 Å². The zero-order valence-corrected chi connectivity index (χ0v) is 15.6. The number of benzene rings is 1. The van der Waals surface area contributed by atoms with Crippen molar-refractivity contribution in [3.05, 3.63) is 29.3 Å². The van der Waals surface area contributed by atoms with E-state index in [1.807, 2.05) is 26.0 Å². The summed E-state index contributed by atoms with van der Waals surface area (Å²) >= 11 is 1.45. The van der Waals surface area contributed by atoms with Crippen LogP contribution in [-0.4, -0.2) is 30.3 Å². The Kier molecular flexibility index (Phi) is 7.16. The molecule has 0 unspecified atom stereocenters. The van der Waals surface area contributed by atoms with E-state index < -0.39 is 0 Å². The van der Waals surface area contributed by atoms with Crippen molar-refractivity contribution in [2.45, 2.75) is 57.4 Å². The molecule has 1 aromatic rings. The second-order valence-corrected chi connectivity index (χ2v) is 7.67. The number of aryl methyl sites for hydroxylation is 2. The predicted molar refractivity (Wildman–Crippen MR) is 97.2 cm³/mol. The van der Waals surface area contributed by atoms with Crippen LogP contribution in [0.5, 0.6) is 0 Å². The van der Waals surface area contributed by atoms with Crippen molar-refractivity contribution in [1.29, 1.82) is 0 Å². The van der Waals surface area contributed by atoms with E-state index in [0.717, 1.165) is 35.3 Å². The molecule has 1 saturated carbocycles. The Balaban J connectivity index is 1.70. The summed E-state index contributed by atoms with van der Waals surface area (Å²) in [6.07, 6.45) is 4.56. The van der Waals surface area contributed by atoms with Crippen molar-refractivity contribution >= 4 is 23.6 Å². The molecule has 1 N–H and O–H groups in total. The molecule has 2 rings (SSSR count). The largest absolute Gasteiger partial charge is 0.455 e. The molecule has 1 aliphatic rings. The van der Waals surface area contributed by atoms with Gasteiger partial charge in [0.15, 0.2) is 6.61 Å². The Hall–Kier alpha value is -1.49. The fraction of sp³-hybridized carbons (Fsp3) is 0.579. The number of amides is 1. The van der Waals surface area contributed by atoms with E-state index in [2.05, 4.69) is 18.3 Å². The molecule has 0 bridgehead atoms. The molecule has 5 heteroatoms. The summed E-state index contributed by atoms with van der Waals surface area (Å²) in [6, 6.07) is 6.37. The summed E-state index contributed by atoms with van der Waals surface area (Å²) in [4.78, 5) is 24.9. The number of esters is 1. The molecule has 2 atom stereocenters. The van der Waals surface area contributed by atoms with E-state index in [0.29, 0.717) is 5.92 Å². The maximum Gasteiger partial charge on any atom is 0.316 e. The molecule has 24 heavy (non-hydrogen) atoms. The quantitative estimate of drug-likeness (QED) is 0.629. The fourth-order valence-corrected chi connectivity index (χ4v) is 3.89. The zero-order valence-electron chi connectivity index (χ0n) is 14.8. The molecule has 1 fully saturated rings. The second kappa shape index (κ2) is 9.11. The maximum atomic E-state index is 11.9. The number of rotatable bonds is 6. The molecule has 132 valence electrons. The first kappa shape index (κ1) is 18.8. The van der Waals surface area contributed by atoms with Crippen molar-refractivity contribution < 1.29 is 14.3 Å². The Bertz CT molecular complexity index is 588. The van der Waals surface area contributed by atoms with Crippen LogP contribution >= 0.6 is 11.8 Å². The van der Waals surface area contributed by atoms with Gasteiger partial charge in [-0.15, -0.1) is 11.8 Å². The molecule has 0 radical (unpaired) electrons. The highest BCUT2D eigenvalue weighted by Gasteiger charge is 2.23. The lowest BCUT2D eigenvalue weighted by atomic mass is 9.86. The van der Waals surface area contributed by atoms with Gasteiger partial charge in [0.05, 0.1) is 5.75 Å². The van der Waals surface area contributed by atoms with Gasteiger partial charge in [0.25, 0.3) is 5.91 Å². The number of ether oxygens (including phenoxy) is 1. The molecular weight excluding hydrogens is 322 g/mol. The maximum absolute atomic E-state index is 11.9. The minimum atomic E-state index is -0.354. The van der Waals surface area contributed by atoms with Crippen LogP contribution in [0.1, 0.15) is 43.7 Å². The summed E-state index contributed by atoms with van der Waals surface area (Å²) < 4.78 is 5.10. The number of thioether (sulfide) groups is 1. The van der Waals surface area contributed by atoms with E-state index in [-0.39, 0.29) is 30.3 Å². The Morgan fingerprint density at radius 1 is 1.25 bits per heavy atom. The minimum absolute atomic E-state index is 0.185. The topological polar surface area (TPSA) is 55.4 Å². The first-order valence-corrected chi connectivity index (χ1v) is 9.59. The molecule has 0 heterocycles. The standard InChI is InChI=1S/C19H27NO3S/c1-13-8-9-15(3)17(10-13)24-12-19(22)23-11-18(21)20-16-7-5-4-6-14(16)2/h8-10,14,16H,4-7,11-12H2,1-3H3,(H,20,21)/t14-,16-/m0/s1. The van der Waals surface area contributed by atoms with Gasteiger partial charge in [-0.1, -0.05) is 37.5 Å². The third-order valence-electron chi connectivity index (χ3n) is 4.51. The Labute approximate surface area is 148 Å². The van der Waals surface area contributed by atoms with Crippen LogP contribution in [0.15, 0.2) is 23.1 Å². The van der Waals surface area contributed by atoms with Gasteiger partial charge in [0, 0.05) is 10.9 Å². The van der Waals surface area contributed by atoms with Crippen LogP contribution in [-0.2, 0) is 14.3 Å².